The molecule has 0 radical (unpaired) electrons. The minimum absolute atomic E-state index is 0.284. The lowest BCUT2D eigenvalue weighted by Crippen LogP contribution is -2.29. The minimum Gasteiger partial charge on any atom is -0.340 e. The fourth-order valence-corrected chi connectivity index (χ4v) is 2.44. The number of nitrogens with two attached hydrogens (primary N) is 1. The molecule has 17 heavy (non-hydrogen) atoms. The van der Waals surface area contributed by atoms with Gasteiger partial charge < -0.3 is 15.2 Å². The molecule has 96 valence electrons. The van der Waals surface area contributed by atoms with Gasteiger partial charge in [0, 0.05) is 31.9 Å². The van der Waals surface area contributed by atoms with E-state index >= 15 is 0 Å². The summed E-state index contributed by atoms with van der Waals surface area (Å²) in [5.74, 6) is 1.68. The lowest BCUT2D eigenvalue weighted by atomic mass is 10.1. The fourth-order valence-electron chi connectivity index (χ4n) is 2.44. The zero-order valence-corrected chi connectivity index (χ0v) is 11.2. The van der Waals surface area contributed by atoms with Gasteiger partial charge in [0.15, 0.2) is 0 Å². The summed E-state index contributed by atoms with van der Waals surface area (Å²) in [7, 11) is 0. The Morgan fingerprint density at radius 2 is 2.18 bits per heavy atom. The molecule has 0 aliphatic carbocycles. The predicted octanol–water partition coefficient (Wildman–Crippen LogP) is 1.64. The van der Waals surface area contributed by atoms with Crippen LogP contribution >= 0.6 is 0 Å². The van der Waals surface area contributed by atoms with Crippen LogP contribution in [-0.2, 0) is 13.0 Å². The molecule has 2 atom stereocenters. The molecule has 4 heteroatoms. The van der Waals surface area contributed by atoms with E-state index in [4.69, 9.17) is 10.7 Å². The molecule has 1 aliphatic heterocycles. The van der Waals surface area contributed by atoms with Gasteiger partial charge in [-0.2, -0.15) is 0 Å². The molecular formula is C13H24N4. The first-order valence-corrected chi connectivity index (χ1v) is 6.72. The van der Waals surface area contributed by atoms with Crippen LogP contribution in [0.1, 0.15) is 32.9 Å². The number of aryl methyl sites for hydroxylation is 2. The standard InChI is InChI=1S/C13H24N4/c1-4-6-16-8-11(5-2)15-13(16)17-7-10(3)12(14)9-17/h8,10,12H,4-7,9,14H2,1-3H3. The van der Waals surface area contributed by atoms with Crippen molar-refractivity contribution in [3.05, 3.63) is 11.9 Å². The average molecular weight is 236 g/mol. The Morgan fingerprint density at radius 1 is 1.41 bits per heavy atom. The Morgan fingerprint density at radius 3 is 2.71 bits per heavy atom. The van der Waals surface area contributed by atoms with Crippen molar-refractivity contribution >= 4 is 5.95 Å². The van der Waals surface area contributed by atoms with E-state index in [1.807, 2.05) is 0 Å². The summed E-state index contributed by atoms with van der Waals surface area (Å²) in [6.45, 7) is 9.59. The van der Waals surface area contributed by atoms with Gasteiger partial charge in [-0.1, -0.05) is 20.8 Å². The van der Waals surface area contributed by atoms with Crippen molar-refractivity contribution in [3.63, 3.8) is 0 Å². The van der Waals surface area contributed by atoms with Crippen LogP contribution in [0.2, 0.25) is 0 Å². The Kier molecular flexibility index (Phi) is 3.72. The number of nitrogens with zero attached hydrogens (tertiary/aromatic N) is 3. The number of anilines is 1. The maximum absolute atomic E-state index is 6.09. The number of hydrogen-bond acceptors (Lipinski definition) is 3. The third-order valence-electron chi connectivity index (χ3n) is 3.59. The largest absolute Gasteiger partial charge is 0.340 e. The smallest absolute Gasteiger partial charge is 0.205 e. The first-order chi connectivity index (χ1) is 8.15. The zero-order chi connectivity index (χ0) is 12.4. The van der Waals surface area contributed by atoms with Crippen molar-refractivity contribution in [1.82, 2.24) is 9.55 Å². The Balaban J connectivity index is 2.21. The Labute approximate surface area is 104 Å². The minimum atomic E-state index is 0.284. The lowest BCUT2D eigenvalue weighted by Gasteiger charge is -2.18. The summed E-state index contributed by atoms with van der Waals surface area (Å²) in [6.07, 6.45) is 4.33. The highest BCUT2D eigenvalue weighted by atomic mass is 15.3. The van der Waals surface area contributed by atoms with Crippen molar-refractivity contribution in [2.24, 2.45) is 11.7 Å². The van der Waals surface area contributed by atoms with E-state index in [0.29, 0.717) is 5.92 Å². The van der Waals surface area contributed by atoms with Gasteiger partial charge in [0.05, 0.1) is 5.69 Å². The van der Waals surface area contributed by atoms with Gasteiger partial charge in [-0.15, -0.1) is 0 Å². The quantitative estimate of drug-likeness (QED) is 0.864. The zero-order valence-electron chi connectivity index (χ0n) is 11.2. The van der Waals surface area contributed by atoms with Gasteiger partial charge in [0.25, 0.3) is 0 Å². The summed E-state index contributed by atoms with van der Waals surface area (Å²) in [6, 6.07) is 0.284. The normalized spacial score (nSPS) is 24.6. The maximum Gasteiger partial charge on any atom is 0.205 e. The fraction of sp³-hybridized carbons (Fsp3) is 0.769. The third kappa shape index (κ3) is 2.46. The number of hydrogen-bond donors (Lipinski definition) is 1. The van der Waals surface area contributed by atoms with Crippen molar-refractivity contribution in [3.8, 4) is 0 Å². The van der Waals surface area contributed by atoms with Crippen molar-refractivity contribution in [1.29, 1.82) is 0 Å². The van der Waals surface area contributed by atoms with Gasteiger partial charge in [-0.25, -0.2) is 4.98 Å². The molecule has 0 aromatic carbocycles. The highest BCUT2D eigenvalue weighted by Gasteiger charge is 2.29. The van der Waals surface area contributed by atoms with Gasteiger partial charge in [0.2, 0.25) is 5.95 Å². The van der Waals surface area contributed by atoms with Crippen molar-refractivity contribution in [2.75, 3.05) is 18.0 Å². The molecular weight excluding hydrogens is 212 g/mol. The number of imidazole rings is 1. The van der Waals surface area contributed by atoms with Crippen LogP contribution in [-0.4, -0.2) is 28.7 Å². The van der Waals surface area contributed by atoms with Crippen LogP contribution in [0.25, 0.3) is 0 Å². The lowest BCUT2D eigenvalue weighted by molar-refractivity contribution is 0.565. The first-order valence-electron chi connectivity index (χ1n) is 6.72. The van der Waals surface area contributed by atoms with E-state index in [0.717, 1.165) is 38.4 Å². The Hall–Kier alpha value is -1.03. The number of rotatable bonds is 4. The average Bonchev–Trinajstić information content (AvgIpc) is 2.84. The van der Waals surface area contributed by atoms with E-state index in [2.05, 4.69) is 36.4 Å². The monoisotopic (exact) mass is 236 g/mol. The van der Waals surface area contributed by atoms with Crippen molar-refractivity contribution in [2.45, 2.75) is 46.2 Å². The molecule has 2 rings (SSSR count). The SMILES string of the molecule is CCCn1cc(CC)nc1N1CC(C)C(N)C1. The summed E-state index contributed by atoms with van der Waals surface area (Å²) in [4.78, 5) is 7.07. The van der Waals surface area contributed by atoms with Crippen LogP contribution < -0.4 is 10.6 Å². The molecule has 1 aliphatic rings. The van der Waals surface area contributed by atoms with Gasteiger partial charge >= 0.3 is 0 Å². The molecule has 0 saturated carbocycles. The topological polar surface area (TPSA) is 47.1 Å². The molecule has 1 saturated heterocycles. The predicted molar refractivity (Wildman–Crippen MR) is 71.2 cm³/mol. The molecule has 1 aromatic heterocycles. The second-order valence-electron chi connectivity index (χ2n) is 5.13. The highest BCUT2D eigenvalue weighted by Crippen LogP contribution is 2.23. The van der Waals surface area contributed by atoms with Crippen LogP contribution in [0.15, 0.2) is 6.20 Å². The maximum atomic E-state index is 6.09. The van der Waals surface area contributed by atoms with E-state index in [1.54, 1.807) is 0 Å². The molecule has 1 aromatic rings. The Bertz CT molecular complexity index is 361. The van der Waals surface area contributed by atoms with E-state index in [1.165, 1.54) is 5.69 Å². The second kappa shape index (κ2) is 5.08. The molecule has 2 unspecified atom stereocenters. The first kappa shape index (κ1) is 12.4. The van der Waals surface area contributed by atoms with Gasteiger partial charge in [0.1, 0.15) is 0 Å². The summed E-state index contributed by atoms with van der Waals surface area (Å²) >= 11 is 0. The van der Waals surface area contributed by atoms with Crippen LogP contribution in [0.4, 0.5) is 5.95 Å². The summed E-state index contributed by atoms with van der Waals surface area (Å²) in [5.41, 5.74) is 7.27. The van der Waals surface area contributed by atoms with Crippen LogP contribution in [0.5, 0.6) is 0 Å². The molecule has 4 nitrogen and oxygen atoms in total. The second-order valence-corrected chi connectivity index (χ2v) is 5.13. The van der Waals surface area contributed by atoms with Gasteiger partial charge in [-0.05, 0) is 18.8 Å². The van der Waals surface area contributed by atoms with Crippen LogP contribution in [0, 0.1) is 5.92 Å². The van der Waals surface area contributed by atoms with E-state index in [9.17, 15) is 0 Å². The number of aromatic nitrogens is 2. The van der Waals surface area contributed by atoms with Crippen LogP contribution in [0.3, 0.4) is 0 Å². The summed E-state index contributed by atoms with van der Waals surface area (Å²) < 4.78 is 2.28. The van der Waals surface area contributed by atoms with Gasteiger partial charge in [-0.3, -0.25) is 0 Å². The molecule has 1 fully saturated rings. The molecule has 0 spiro atoms. The highest BCUT2D eigenvalue weighted by molar-refractivity contribution is 5.36. The molecule has 0 bridgehead atoms. The van der Waals surface area contributed by atoms with Crippen molar-refractivity contribution < 1.29 is 0 Å². The molecule has 2 heterocycles. The molecule has 2 N–H and O–H groups in total. The third-order valence-corrected chi connectivity index (χ3v) is 3.59. The van der Waals surface area contributed by atoms with E-state index < -0.39 is 0 Å². The molecule has 0 amide bonds. The van der Waals surface area contributed by atoms with E-state index in [-0.39, 0.29) is 6.04 Å². The summed E-state index contributed by atoms with van der Waals surface area (Å²) in [5, 5.41) is 0.